The van der Waals surface area contributed by atoms with Crippen LogP contribution in [0.4, 0.5) is 0 Å². The first-order valence-electron chi connectivity index (χ1n) is 8.99. The van der Waals surface area contributed by atoms with Gasteiger partial charge in [-0.05, 0) is 30.4 Å². The molecule has 27 heavy (non-hydrogen) atoms. The van der Waals surface area contributed by atoms with E-state index in [0.29, 0.717) is 11.2 Å². The molecule has 0 aliphatic heterocycles. The summed E-state index contributed by atoms with van der Waals surface area (Å²) in [6.45, 7) is 10.6. The molecule has 0 fully saturated rings. The Hall–Kier alpha value is -2.47. The van der Waals surface area contributed by atoms with Crippen molar-refractivity contribution >= 4 is 27.5 Å². The fraction of sp³-hybridized carbons (Fsp3) is 0.381. The van der Waals surface area contributed by atoms with Gasteiger partial charge >= 0.3 is 0 Å². The summed E-state index contributed by atoms with van der Waals surface area (Å²) in [5, 5.41) is 0.621. The summed E-state index contributed by atoms with van der Waals surface area (Å²) in [5.74, 6) is 0.172. The maximum atomic E-state index is 13.2. The number of carbonyl (C=O) groups excluding carboxylic acids is 1. The van der Waals surface area contributed by atoms with Gasteiger partial charge in [-0.25, -0.2) is 4.98 Å². The predicted octanol–water partition coefficient (Wildman–Crippen LogP) is 3.91. The number of aryl methyl sites for hydroxylation is 2. The Kier molecular flexibility index (Phi) is 4.95. The lowest BCUT2D eigenvalue weighted by Gasteiger charge is -2.19. The molecule has 1 aromatic carbocycles. The molecular weight excluding hydrogens is 358 g/mol. The van der Waals surface area contributed by atoms with E-state index in [1.54, 1.807) is 11.5 Å². The van der Waals surface area contributed by atoms with E-state index in [1.807, 2.05) is 6.92 Å². The van der Waals surface area contributed by atoms with Gasteiger partial charge < -0.3 is 5.73 Å². The SMILES string of the molecule is Cc1sc2nc(C)n(CCC(N)=O)c(=O)c2c1-c1ccc(C(C)(C)C)cc1. The van der Waals surface area contributed by atoms with E-state index in [1.165, 1.54) is 16.9 Å². The number of aromatic nitrogens is 2. The fourth-order valence-corrected chi connectivity index (χ4v) is 4.35. The number of primary amides is 1. The summed E-state index contributed by atoms with van der Waals surface area (Å²) < 4.78 is 1.55. The van der Waals surface area contributed by atoms with Gasteiger partial charge in [0.05, 0.1) is 5.39 Å². The summed E-state index contributed by atoms with van der Waals surface area (Å²) in [6, 6.07) is 8.38. The van der Waals surface area contributed by atoms with E-state index in [4.69, 9.17) is 5.73 Å². The molecule has 0 spiro atoms. The van der Waals surface area contributed by atoms with E-state index in [9.17, 15) is 9.59 Å². The minimum absolute atomic E-state index is 0.0738. The number of rotatable bonds is 4. The maximum Gasteiger partial charge on any atom is 0.262 e. The normalized spacial score (nSPS) is 11.9. The number of hydrogen-bond donors (Lipinski definition) is 1. The number of thiophene rings is 1. The van der Waals surface area contributed by atoms with Gasteiger partial charge in [0, 0.05) is 23.4 Å². The molecule has 0 aliphatic rings. The second kappa shape index (κ2) is 6.93. The molecule has 2 heterocycles. The van der Waals surface area contributed by atoms with Crippen LogP contribution in [0.3, 0.4) is 0 Å². The average Bonchev–Trinajstić information content (AvgIpc) is 2.89. The van der Waals surface area contributed by atoms with E-state index in [-0.39, 0.29) is 23.9 Å². The predicted molar refractivity (Wildman–Crippen MR) is 111 cm³/mol. The summed E-state index contributed by atoms with van der Waals surface area (Å²) >= 11 is 1.53. The van der Waals surface area contributed by atoms with Gasteiger partial charge in [0.2, 0.25) is 5.91 Å². The summed E-state index contributed by atoms with van der Waals surface area (Å²) in [6.07, 6.45) is 0.118. The van der Waals surface area contributed by atoms with Crippen LogP contribution in [-0.4, -0.2) is 15.5 Å². The number of nitrogens with zero attached hydrogens (tertiary/aromatic N) is 2. The molecule has 0 radical (unpaired) electrons. The summed E-state index contributed by atoms with van der Waals surface area (Å²) in [4.78, 5) is 30.7. The number of carbonyl (C=O) groups is 1. The van der Waals surface area contributed by atoms with Crippen LogP contribution in [-0.2, 0) is 16.8 Å². The Morgan fingerprint density at radius 1 is 1.19 bits per heavy atom. The molecule has 0 aliphatic carbocycles. The van der Waals surface area contributed by atoms with Crippen LogP contribution >= 0.6 is 11.3 Å². The first kappa shape index (κ1) is 19.3. The number of fused-ring (bicyclic) bond motifs is 1. The smallest absolute Gasteiger partial charge is 0.262 e. The van der Waals surface area contributed by atoms with Gasteiger partial charge in [0.15, 0.2) is 0 Å². The lowest BCUT2D eigenvalue weighted by atomic mass is 9.86. The van der Waals surface area contributed by atoms with Crippen LogP contribution in [0.5, 0.6) is 0 Å². The molecule has 2 N–H and O–H groups in total. The molecule has 0 atom stereocenters. The standard InChI is InChI=1S/C21H25N3O2S/c1-12-17(14-6-8-15(9-7-14)21(3,4)5)18-19(27-12)23-13(2)24(20(18)26)11-10-16(22)25/h6-9H,10-11H2,1-5H3,(H2,22,25). The third-order valence-corrected chi connectivity index (χ3v) is 5.80. The van der Waals surface area contributed by atoms with Crippen LogP contribution in [0.1, 0.15) is 43.5 Å². The Bertz CT molecular complexity index is 1070. The maximum absolute atomic E-state index is 13.2. The van der Waals surface area contributed by atoms with Crippen LogP contribution in [0, 0.1) is 13.8 Å². The van der Waals surface area contributed by atoms with E-state index in [2.05, 4.69) is 50.0 Å². The Morgan fingerprint density at radius 2 is 1.81 bits per heavy atom. The number of nitrogens with two attached hydrogens (primary N) is 1. The second-order valence-corrected chi connectivity index (χ2v) is 9.08. The fourth-order valence-electron chi connectivity index (χ4n) is 3.27. The molecule has 5 nitrogen and oxygen atoms in total. The first-order valence-corrected chi connectivity index (χ1v) is 9.81. The highest BCUT2D eigenvalue weighted by Gasteiger charge is 2.20. The first-order chi connectivity index (χ1) is 12.6. The van der Waals surface area contributed by atoms with Gasteiger partial charge in [-0.2, -0.15) is 0 Å². The van der Waals surface area contributed by atoms with Crippen LogP contribution in [0.2, 0.25) is 0 Å². The van der Waals surface area contributed by atoms with E-state index in [0.717, 1.165) is 20.8 Å². The minimum atomic E-state index is -0.430. The minimum Gasteiger partial charge on any atom is -0.370 e. The molecule has 0 saturated heterocycles. The van der Waals surface area contributed by atoms with Crippen molar-refractivity contribution in [3.8, 4) is 11.1 Å². The van der Waals surface area contributed by atoms with Crippen molar-refractivity contribution in [1.82, 2.24) is 9.55 Å². The van der Waals surface area contributed by atoms with E-state index < -0.39 is 5.91 Å². The topological polar surface area (TPSA) is 78.0 Å². The van der Waals surface area contributed by atoms with E-state index >= 15 is 0 Å². The van der Waals surface area contributed by atoms with Crippen LogP contribution in [0.15, 0.2) is 29.1 Å². The Labute approximate surface area is 162 Å². The zero-order chi connectivity index (χ0) is 19.9. The molecule has 2 aromatic heterocycles. The van der Waals surface area contributed by atoms with Gasteiger partial charge in [-0.15, -0.1) is 11.3 Å². The third-order valence-electron chi connectivity index (χ3n) is 4.80. The Morgan fingerprint density at radius 3 is 2.37 bits per heavy atom. The van der Waals surface area contributed by atoms with Crippen molar-refractivity contribution in [3.63, 3.8) is 0 Å². The summed E-state index contributed by atoms with van der Waals surface area (Å²) in [5.41, 5.74) is 8.40. The van der Waals surface area contributed by atoms with Crippen LogP contribution < -0.4 is 11.3 Å². The highest BCUT2D eigenvalue weighted by atomic mass is 32.1. The molecule has 142 valence electrons. The van der Waals surface area contributed by atoms with Gasteiger partial charge in [0.25, 0.3) is 5.56 Å². The van der Waals surface area contributed by atoms with Gasteiger partial charge in [0.1, 0.15) is 10.7 Å². The van der Waals surface area contributed by atoms with Crippen molar-refractivity contribution in [2.24, 2.45) is 5.73 Å². The molecule has 0 unspecified atom stereocenters. The highest BCUT2D eigenvalue weighted by molar-refractivity contribution is 7.19. The third kappa shape index (κ3) is 3.67. The molecule has 0 saturated carbocycles. The molecular formula is C21H25N3O2S. The van der Waals surface area contributed by atoms with Gasteiger partial charge in [-0.1, -0.05) is 45.0 Å². The second-order valence-electron chi connectivity index (χ2n) is 7.87. The molecule has 1 amide bonds. The molecule has 6 heteroatoms. The molecule has 0 bridgehead atoms. The van der Waals surface area contributed by atoms with Crippen molar-refractivity contribution in [1.29, 1.82) is 0 Å². The number of hydrogen-bond acceptors (Lipinski definition) is 4. The lowest BCUT2D eigenvalue weighted by Crippen LogP contribution is -2.26. The molecule has 3 aromatic rings. The zero-order valence-corrected chi connectivity index (χ0v) is 17.2. The zero-order valence-electron chi connectivity index (χ0n) is 16.4. The van der Waals surface area contributed by atoms with Gasteiger partial charge in [-0.3, -0.25) is 14.2 Å². The van der Waals surface area contributed by atoms with Crippen molar-refractivity contribution in [2.45, 2.75) is 53.0 Å². The lowest BCUT2D eigenvalue weighted by molar-refractivity contribution is -0.118. The number of amides is 1. The van der Waals surface area contributed by atoms with Crippen LogP contribution in [0.25, 0.3) is 21.3 Å². The molecule has 3 rings (SSSR count). The largest absolute Gasteiger partial charge is 0.370 e. The highest BCUT2D eigenvalue weighted by Crippen LogP contribution is 2.36. The Balaban J connectivity index is 2.18. The van der Waals surface area contributed by atoms with Crippen molar-refractivity contribution < 1.29 is 4.79 Å². The number of benzene rings is 1. The van der Waals surface area contributed by atoms with Crippen molar-refractivity contribution in [2.75, 3.05) is 0 Å². The summed E-state index contributed by atoms with van der Waals surface area (Å²) in [7, 11) is 0. The average molecular weight is 384 g/mol. The monoisotopic (exact) mass is 383 g/mol. The van der Waals surface area contributed by atoms with Crippen molar-refractivity contribution in [3.05, 3.63) is 50.9 Å². The quantitative estimate of drug-likeness (QED) is 0.742.